The second-order valence-corrected chi connectivity index (χ2v) is 5.82. The maximum absolute atomic E-state index is 12.4. The Hall–Kier alpha value is -0.420. The van der Waals surface area contributed by atoms with Crippen LogP contribution in [0.3, 0.4) is 0 Å². The van der Waals surface area contributed by atoms with Crippen LogP contribution in [0.5, 0.6) is 0 Å². The number of rotatable bonds is 6. The van der Waals surface area contributed by atoms with Crippen LogP contribution in [-0.2, 0) is 14.9 Å². The quantitative estimate of drug-likeness (QED) is 0.591. The van der Waals surface area contributed by atoms with Gasteiger partial charge in [0, 0.05) is 26.2 Å². The lowest BCUT2D eigenvalue weighted by Crippen LogP contribution is -2.55. The van der Waals surface area contributed by atoms with Gasteiger partial charge in [-0.05, 0) is 12.8 Å². The summed E-state index contributed by atoms with van der Waals surface area (Å²) < 4.78 is 69.4. The molecule has 0 saturated carbocycles. The number of hydrogen-bond acceptors (Lipinski definition) is 4. The van der Waals surface area contributed by atoms with Crippen molar-refractivity contribution >= 4 is 10.2 Å². The second kappa shape index (κ2) is 6.84. The molecule has 2 atom stereocenters. The van der Waals surface area contributed by atoms with Crippen LogP contribution < -0.4 is 14.8 Å². The van der Waals surface area contributed by atoms with Crippen molar-refractivity contribution < 1.29 is 26.3 Å². The Morgan fingerprint density at radius 2 is 2.05 bits per heavy atom. The Bertz CT molecular complexity index is 367. The molecule has 1 aliphatic rings. The fourth-order valence-electron chi connectivity index (χ4n) is 1.78. The van der Waals surface area contributed by atoms with E-state index in [1.807, 2.05) is 0 Å². The first-order valence-corrected chi connectivity index (χ1v) is 7.29. The summed E-state index contributed by atoms with van der Waals surface area (Å²) in [6, 6.07) is -2.10. The van der Waals surface area contributed by atoms with E-state index in [-0.39, 0.29) is 32.5 Å². The summed E-state index contributed by atoms with van der Waals surface area (Å²) in [6.45, 7) is 0.284. The summed E-state index contributed by atoms with van der Waals surface area (Å²) in [4.78, 5) is 0. The molecule has 6 nitrogen and oxygen atoms in total. The Labute approximate surface area is 110 Å². The van der Waals surface area contributed by atoms with Gasteiger partial charge in [0.05, 0.1) is 6.61 Å². The maximum atomic E-state index is 12.4. The van der Waals surface area contributed by atoms with Crippen LogP contribution >= 0.6 is 0 Å². The molecule has 1 aliphatic heterocycles. The highest BCUT2D eigenvalue weighted by molar-refractivity contribution is 7.87. The van der Waals surface area contributed by atoms with Crippen LogP contribution in [0, 0.1) is 0 Å². The normalized spacial score (nSPS) is 25.5. The van der Waals surface area contributed by atoms with Gasteiger partial charge < -0.3 is 10.1 Å². The first-order valence-electron chi connectivity index (χ1n) is 5.80. The van der Waals surface area contributed by atoms with Gasteiger partial charge in [0.2, 0.25) is 0 Å². The average molecular weight is 305 g/mol. The first-order chi connectivity index (χ1) is 8.74. The predicted molar refractivity (Wildman–Crippen MR) is 62.8 cm³/mol. The molecule has 0 spiro atoms. The summed E-state index contributed by atoms with van der Waals surface area (Å²) in [5, 5.41) is 2.29. The lowest BCUT2D eigenvalue weighted by Gasteiger charge is -2.31. The van der Waals surface area contributed by atoms with Gasteiger partial charge in [0.25, 0.3) is 10.2 Å². The minimum Gasteiger partial charge on any atom is -0.383 e. The van der Waals surface area contributed by atoms with Gasteiger partial charge in [-0.25, -0.2) is 0 Å². The molecule has 0 radical (unpaired) electrons. The summed E-state index contributed by atoms with van der Waals surface area (Å²) in [5.74, 6) is 0. The molecule has 3 N–H and O–H groups in total. The van der Waals surface area contributed by atoms with Crippen molar-refractivity contribution in [1.29, 1.82) is 0 Å². The predicted octanol–water partition coefficient (Wildman–Crippen LogP) is -0.260. The molecule has 1 fully saturated rings. The lowest BCUT2D eigenvalue weighted by molar-refractivity contribution is -0.160. The zero-order chi connectivity index (χ0) is 14.5. The largest absolute Gasteiger partial charge is 0.403 e. The van der Waals surface area contributed by atoms with Crippen LogP contribution in [0.4, 0.5) is 13.2 Å². The summed E-state index contributed by atoms with van der Waals surface area (Å²) >= 11 is 0. The lowest BCUT2D eigenvalue weighted by atomic mass is 10.0. The topological polar surface area (TPSA) is 79.5 Å². The first kappa shape index (κ1) is 16.6. The van der Waals surface area contributed by atoms with Crippen molar-refractivity contribution in [3.05, 3.63) is 0 Å². The maximum Gasteiger partial charge on any atom is 0.403 e. The van der Waals surface area contributed by atoms with E-state index in [1.54, 1.807) is 0 Å². The molecule has 1 heterocycles. The molecule has 19 heavy (non-hydrogen) atoms. The number of hydrogen-bond donors (Lipinski definition) is 3. The third kappa shape index (κ3) is 6.04. The zero-order valence-corrected chi connectivity index (χ0v) is 11.3. The van der Waals surface area contributed by atoms with E-state index in [4.69, 9.17) is 0 Å². The van der Waals surface area contributed by atoms with E-state index < -0.39 is 28.5 Å². The highest BCUT2D eigenvalue weighted by atomic mass is 32.2. The molecular formula is C9H18F3N3O3S. The SMILES string of the molecule is COCCNS(=O)(=O)NC1CCC(C(F)(F)F)NC1. The molecule has 2 unspecified atom stereocenters. The number of halogens is 3. The minimum absolute atomic E-state index is 0.0463. The van der Waals surface area contributed by atoms with Gasteiger partial charge in [0.1, 0.15) is 6.04 Å². The molecule has 1 saturated heterocycles. The standard InChI is InChI=1S/C9H18F3N3O3S/c1-18-5-4-14-19(16,17)15-7-2-3-8(13-6-7)9(10,11)12/h7-8,13-15H,2-6H2,1H3. The van der Waals surface area contributed by atoms with E-state index in [0.717, 1.165) is 0 Å². The van der Waals surface area contributed by atoms with Crippen LogP contribution in [0.1, 0.15) is 12.8 Å². The van der Waals surface area contributed by atoms with Gasteiger partial charge in [-0.3, -0.25) is 0 Å². The molecular weight excluding hydrogens is 287 g/mol. The molecule has 0 amide bonds. The van der Waals surface area contributed by atoms with Crippen LogP contribution in [-0.4, -0.2) is 53.5 Å². The Morgan fingerprint density at radius 1 is 1.37 bits per heavy atom. The molecule has 0 bridgehead atoms. The van der Waals surface area contributed by atoms with Crippen molar-refractivity contribution in [2.45, 2.75) is 31.1 Å². The number of ether oxygens (including phenoxy) is 1. The smallest absolute Gasteiger partial charge is 0.383 e. The molecule has 114 valence electrons. The van der Waals surface area contributed by atoms with Gasteiger partial charge in [-0.15, -0.1) is 0 Å². The van der Waals surface area contributed by atoms with Crippen molar-refractivity contribution in [2.24, 2.45) is 0 Å². The Morgan fingerprint density at radius 3 is 2.53 bits per heavy atom. The Balaban J connectivity index is 2.36. The minimum atomic E-state index is -4.29. The third-order valence-electron chi connectivity index (χ3n) is 2.73. The van der Waals surface area contributed by atoms with E-state index in [2.05, 4.69) is 19.5 Å². The Kier molecular flexibility index (Phi) is 5.99. The van der Waals surface area contributed by atoms with Gasteiger partial charge in [-0.1, -0.05) is 0 Å². The van der Waals surface area contributed by atoms with Crippen LogP contribution in [0.15, 0.2) is 0 Å². The summed E-state index contributed by atoms with van der Waals surface area (Å²) in [5.41, 5.74) is 0. The van der Waals surface area contributed by atoms with Gasteiger partial charge in [-0.2, -0.15) is 31.0 Å². The third-order valence-corrected chi connectivity index (χ3v) is 3.96. The van der Waals surface area contributed by atoms with Crippen LogP contribution in [0.25, 0.3) is 0 Å². The average Bonchev–Trinajstić information content (AvgIpc) is 2.28. The zero-order valence-electron chi connectivity index (χ0n) is 10.5. The number of nitrogens with one attached hydrogen (secondary N) is 3. The van der Waals surface area contributed by atoms with Gasteiger partial charge in [0.15, 0.2) is 0 Å². The molecule has 10 heteroatoms. The van der Waals surface area contributed by atoms with Crippen molar-refractivity contribution in [2.75, 3.05) is 26.8 Å². The van der Waals surface area contributed by atoms with E-state index >= 15 is 0 Å². The van der Waals surface area contributed by atoms with E-state index in [9.17, 15) is 21.6 Å². The number of piperidine rings is 1. The summed E-state index contributed by atoms with van der Waals surface area (Å²) in [7, 11) is -2.27. The van der Waals surface area contributed by atoms with Crippen molar-refractivity contribution in [3.63, 3.8) is 0 Å². The van der Waals surface area contributed by atoms with Gasteiger partial charge >= 0.3 is 6.18 Å². The van der Waals surface area contributed by atoms with Crippen molar-refractivity contribution in [3.8, 4) is 0 Å². The molecule has 0 aromatic rings. The molecule has 0 aliphatic carbocycles. The molecule has 1 rings (SSSR count). The highest BCUT2D eigenvalue weighted by Crippen LogP contribution is 2.26. The number of alkyl halides is 3. The van der Waals surface area contributed by atoms with E-state index in [0.29, 0.717) is 0 Å². The fraction of sp³-hybridized carbons (Fsp3) is 1.00. The molecule has 0 aromatic carbocycles. The highest BCUT2D eigenvalue weighted by Gasteiger charge is 2.41. The van der Waals surface area contributed by atoms with E-state index in [1.165, 1.54) is 7.11 Å². The monoisotopic (exact) mass is 305 g/mol. The fourth-order valence-corrected chi connectivity index (χ4v) is 2.85. The summed E-state index contributed by atoms with van der Waals surface area (Å²) in [6.07, 6.45) is -4.29. The van der Waals surface area contributed by atoms with Crippen molar-refractivity contribution in [1.82, 2.24) is 14.8 Å². The van der Waals surface area contributed by atoms with Crippen LogP contribution in [0.2, 0.25) is 0 Å². The molecule has 0 aromatic heterocycles. The number of methoxy groups -OCH3 is 1. The second-order valence-electron chi connectivity index (χ2n) is 4.29.